The Balaban J connectivity index is 1.66. The van der Waals surface area contributed by atoms with Crippen LogP contribution in [0.5, 0.6) is 5.75 Å². The largest absolute Gasteiger partial charge is 0.493 e. The zero-order chi connectivity index (χ0) is 18.8. The van der Waals surface area contributed by atoms with Crippen molar-refractivity contribution in [3.05, 3.63) is 65.8 Å². The van der Waals surface area contributed by atoms with Crippen molar-refractivity contribution in [3.63, 3.8) is 0 Å². The second-order valence-corrected chi connectivity index (χ2v) is 8.20. The molecule has 2 aromatic rings. The number of aliphatic hydroxyl groups is 1. The molecule has 3 rings (SSSR count). The molecule has 6 nitrogen and oxygen atoms in total. The molecule has 1 saturated heterocycles. The molecule has 136 valence electrons. The predicted octanol–water partition coefficient (Wildman–Crippen LogP) is 2.44. The Kier molecular flexibility index (Phi) is 4.96. The van der Waals surface area contributed by atoms with E-state index in [1.807, 2.05) is 0 Å². The van der Waals surface area contributed by atoms with Gasteiger partial charge in [0.2, 0.25) is 15.7 Å². The quantitative estimate of drug-likeness (QED) is 0.786. The Morgan fingerprint density at radius 1 is 1.23 bits per heavy atom. The second-order valence-electron chi connectivity index (χ2n) is 6.26. The number of benzene rings is 2. The molecule has 0 aromatic heterocycles. The maximum absolute atomic E-state index is 13.6. The molecule has 1 N–H and O–H groups in total. The van der Waals surface area contributed by atoms with Gasteiger partial charge in [0, 0.05) is 19.2 Å². The highest BCUT2D eigenvalue weighted by Gasteiger charge is 2.48. The molecule has 1 heterocycles. The van der Waals surface area contributed by atoms with E-state index in [-0.39, 0.29) is 42.6 Å². The van der Waals surface area contributed by atoms with Crippen molar-refractivity contribution in [1.29, 1.82) is 0 Å². The Hall–Kier alpha value is -2.47. The molecule has 0 radical (unpaired) electrons. The molecule has 26 heavy (non-hydrogen) atoms. The van der Waals surface area contributed by atoms with Crippen molar-refractivity contribution in [2.45, 2.75) is 4.90 Å². The van der Waals surface area contributed by atoms with Gasteiger partial charge in [0.15, 0.2) is 0 Å². The number of aliphatic hydroxyl groups excluding tert-OH is 1. The smallest absolute Gasteiger partial charge is 0.243 e. The predicted molar refractivity (Wildman–Crippen MR) is 92.9 cm³/mol. The molecular formula is C18H17FN2O4S. The molecule has 0 spiro atoms. The minimum atomic E-state index is -3.61. The fourth-order valence-corrected chi connectivity index (χ4v) is 4.44. The van der Waals surface area contributed by atoms with Crippen molar-refractivity contribution >= 4 is 15.7 Å². The number of halogens is 1. The number of hydrogen-bond donors (Lipinski definition) is 1. The molecule has 1 aliphatic rings. The average Bonchev–Trinajstić information content (AvgIpc) is 2.62. The molecule has 1 aliphatic heterocycles. The van der Waals surface area contributed by atoms with Gasteiger partial charge in [-0.15, -0.1) is 0 Å². The number of sulfonamides is 1. The minimum Gasteiger partial charge on any atom is -0.493 e. The third-order valence-corrected chi connectivity index (χ3v) is 6.13. The van der Waals surface area contributed by atoms with Crippen LogP contribution in [0.25, 0.3) is 4.85 Å². The third-order valence-electron chi connectivity index (χ3n) is 4.32. The summed E-state index contributed by atoms with van der Waals surface area (Å²) in [5, 5.41) is 9.69. The summed E-state index contributed by atoms with van der Waals surface area (Å²) in [6, 6.07) is 12.0. The SMILES string of the molecule is [C-]#[N+]c1ccc(OCC2(CO)CN(S(=O)(=O)c3ccccc3)C2)cc1F. The lowest BCUT2D eigenvalue weighted by atomic mass is 9.83. The standard InChI is InChI=1S/C18H17FN2O4S/c1-20-17-8-7-14(9-16(17)19)25-13-18(12-22)10-21(11-18)26(23,24)15-5-3-2-4-6-15/h2-9,22H,10-13H2. The molecule has 0 bridgehead atoms. The van der Waals surface area contributed by atoms with E-state index in [1.165, 1.54) is 28.6 Å². The van der Waals surface area contributed by atoms with E-state index in [1.54, 1.807) is 18.2 Å². The molecule has 0 saturated carbocycles. The molecule has 0 aliphatic carbocycles. The third kappa shape index (κ3) is 3.42. The lowest BCUT2D eigenvalue weighted by Gasteiger charge is -2.47. The van der Waals surface area contributed by atoms with Gasteiger partial charge in [0.1, 0.15) is 11.6 Å². The van der Waals surface area contributed by atoms with Gasteiger partial charge in [-0.05, 0) is 24.3 Å². The van der Waals surface area contributed by atoms with E-state index in [0.29, 0.717) is 0 Å². The van der Waals surface area contributed by atoms with E-state index in [9.17, 15) is 17.9 Å². The van der Waals surface area contributed by atoms with Crippen molar-refractivity contribution in [2.75, 3.05) is 26.3 Å². The average molecular weight is 376 g/mol. The summed E-state index contributed by atoms with van der Waals surface area (Å²) < 4.78 is 45.5. The Morgan fingerprint density at radius 3 is 2.50 bits per heavy atom. The van der Waals surface area contributed by atoms with E-state index in [0.717, 1.165) is 6.07 Å². The van der Waals surface area contributed by atoms with Gasteiger partial charge in [0.05, 0.1) is 30.1 Å². The fourth-order valence-electron chi connectivity index (χ4n) is 2.75. The van der Waals surface area contributed by atoms with Gasteiger partial charge in [-0.3, -0.25) is 0 Å². The van der Waals surface area contributed by atoms with Crippen LogP contribution in [0.15, 0.2) is 53.4 Å². The summed E-state index contributed by atoms with van der Waals surface area (Å²) in [5.41, 5.74) is -0.838. The highest BCUT2D eigenvalue weighted by molar-refractivity contribution is 7.89. The van der Waals surface area contributed by atoms with Crippen LogP contribution < -0.4 is 4.74 Å². The molecule has 0 amide bonds. The van der Waals surface area contributed by atoms with Crippen LogP contribution in [0.2, 0.25) is 0 Å². The summed E-state index contributed by atoms with van der Waals surface area (Å²) in [7, 11) is -3.61. The first-order valence-electron chi connectivity index (χ1n) is 7.86. The van der Waals surface area contributed by atoms with E-state index in [4.69, 9.17) is 11.3 Å². The van der Waals surface area contributed by atoms with E-state index < -0.39 is 21.3 Å². The zero-order valence-electron chi connectivity index (χ0n) is 13.8. The van der Waals surface area contributed by atoms with E-state index in [2.05, 4.69) is 4.85 Å². The highest BCUT2D eigenvalue weighted by Crippen LogP contribution is 2.35. The van der Waals surface area contributed by atoms with Gasteiger partial charge in [-0.2, -0.15) is 4.31 Å². The topological polar surface area (TPSA) is 71.2 Å². The van der Waals surface area contributed by atoms with Crippen LogP contribution in [0.3, 0.4) is 0 Å². The number of hydrogen-bond acceptors (Lipinski definition) is 4. The van der Waals surface area contributed by atoms with Crippen LogP contribution in [0.4, 0.5) is 10.1 Å². The van der Waals surface area contributed by atoms with Crippen LogP contribution >= 0.6 is 0 Å². The van der Waals surface area contributed by atoms with Crippen LogP contribution in [0.1, 0.15) is 0 Å². The number of rotatable bonds is 6. The number of nitrogens with zero attached hydrogens (tertiary/aromatic N) is 2. The first-order valence-corrected chi connectivity index (χ1v) is 9.30. The minimum absolute atomic E-state index is 0.0428. The van der Waals surface area contributed by atoms with Crippen molar-refractivity contribution in [3.8, 4) is 5.75 Å². The fraction of sp³-hybridized carbons (Fsp3) is 0.278. The van der Waals surface area contributed by atoms with Crippen LogP contribution in [-0.2, 0) is 10.0 Å². The van der Waals surface area contributed by atoms with Crippen LogP contribution in [-0.4, -0.2) is 44.1 Å². The summed E-state index contributed by atoms with van der Waals surface area (Å²) in [5.74, 6) is -0.454. The Labute approximate surface area is 151 Å². The van der Waals surface area contributed by atoms with Crippen molar-refractivity contribution < 1.29 is 22.7 Å². The van der Waals surface area contributed by atoms with Gasteiger partial charge < -0.3 is 9.84 Å². The first-order chi connectivity index (χ1) is 12.4. The van der Waals surface area contributed by atoms with Gasteiger partial charge in [-0.1, -0.05) is 18.2 Å². The normalized spacial score (nSPS) is 16.5. The first kappa shape index (κ1) is 18.3. The second kappa shape index (κ2) is 7.03. The molecule has 2 aromatic carbocycles. The molecule has 8 heteroatoms. The molecule has 0 unspecified atom stereocenters. The van der Waals surface area contributed by atoms with Gasteiger partial charge >= 0.3 is 0 Å². The summed E-state index contributed by atoms with van der Waals surface area (Å²) in [6.07, 6.45) is 0. The lowest BCUT2D eigenvalue weighted by Crippen LogP contribution is -2.62. The summed E-state index contributed by atoms with van der Waals surface area (Å²) in [4.78, 5) is 3.23. The van der Waals surface area contributed by atoms with E-state index >= 15 is 0 Å². The molecular weight excluding hydrogens is 359 g/mol. The van der Waals surface area contributed by atoms with Gasteiger partial charge in [-0.25, -0.2) is 17.7 Å². The Bertz CT molecular complexity index is 935. The molecule has 0 atom stereocenters. The van der Waals surface area contributed by atoms with Gasteiger partial charge in [0.25, 0.3) is 0 Å². The zero-order valence-corrected chi connectivity index (χ0v) is 14.6. The lowest BCUT2D eigenvalue weighted by molar-refractivity contribution is -0.0273. The highest BCUT2D eigenvalue weighted by atomic mass is 32.2. The van der Waals surface area contributed by atoms with Crippen LogP contribution in [0, 0.1) is 17.8 Å². The van der Waals surface area contributed by atoms with Crippen molar-refractivity contribution in [1.82, 2.24) is 4.31 Å². The summed E-state index contributed by atoms with van der Waals surface area (Å²) >= 11 is 0. The maximum atomic E-state index is 13.6. The van der Waals surface area contributed by atoms with Crippen molar-refractivity contribution in [2.24, 2.45) is 5.41 Å². The molecule has 1 fully saturated rings. The monoisotopic (exact) mass is 376 g/mol. The Morgan fingerprint density at radius 2 is 1.92 bits per heavy atom. The summed E-state index contributed by atoms with van der Waals surface area (Å²) in [6.45, 7) is 6.84. The maximum Gasteiger partial charge on any atom is 0.243 e. The number of ether oxygens (including phenoxy) is 1.